The van der Waals surface area contributed by atoms with E-state index < -0.39 is 29.9 Å². The Bertz CT molecular complexity index is 822. The van der Waals surface area contributed by atoms with Crippen molar-refractivity contribution in [2.24, 2.45) is 0 Å². The van der Waals surface area contributed by atoms with Crippen LogP contribution in [0.4, 0.5) is 4.79 Å². The fourth-order valence-electron chi connectivity index (χ4n) is 3.62. The fraction of sp³-hybridized carbons (Fsp3) is 0.500. The molecule has 1 saturated heterocycles. The van der Waals surface area contributed by atoms with Gasteiger partial charge in [0.25, 0.3) is 5.91 Å². The molecular formula is C20H26N4O4. The number of carbonyl (C=O) groups is 4. The summed E-state index contributed by atoms with van der Waals surface area (Å²) < 4.78 is 0. The Morgan fingerprint density at radius 3 is 2.64 bits per heavy atom. The molecule has 0 unspecified atom stereocenters. The van der Waals surface area contributed by atoms with E-state index in [2.05, 4.69) is 16.0 Å². The number of imide groups is 1. The van der Waals surface area contributed by atoms with E-state index in [1.54, 1.807) is 6.92 Å². The van der Waals surface area contributed by atoms with Crippen LogP contribution in [-0.4, -0.2) is 48.3 Å². The molecule has 0 spiro atoms. The maximum atomic E-state index is 12.9. The molecule has 1 atom stereocenters. The van der Waals surface area contributed by atoms with E-state index in [1.807, 2.05) is 25.1 Å². The maximum absolute atomic E-state index is 12.9. The van der Waals surface area contributed by atoms with Gasteiger partial charge in [-0.2, -0.15) is 0 Å². The van der Waals surface area contributed by atoms with Crippen LogP contribution in [0.2, 0.25) is 0 Å². The number of rotatable bonds is 7. The Morgan fingerprint density at radius 2 is 1.89 bits per heavy atom. The van der Waals surface area contributed by atoms with E-state index >= 15 is 0 Å². The average molecular weight is 386 g/mol. The molecule has 1 aliphatic heterocycles. The summed E-state index contributed by atoms with van der Waals surface area (Å²) in [6, 6.07) is 5.23. The number of amides is 5. The van der Waals surface area contributed by atoms with Gasteiger partial charge < -0.3 is 16.0 Å². The number of aryl methyl sites for hydroxylation is 2. The van der Waals surface area contributed by atoms with Crippen LogP contribution >= 0.6 is 0 Å². The van der Waals surface area contributed by atoms with E-state index in [1.165, 1.54) is 11.1 Å². The van der Waals surface area contributed by atoms with Gasteiger partial charge in [0.05, 0.1) is 6.54 Å². The van der Waals surface area contributed by atoms with Crippen molar-refractivity contribution in [3.63, 3.8) is 0 Å². The molecule has 1 heterocycles. The highest BCUT2D eigenvalue weighted by atomic mass is 16.2. The third-order valence-corrected chi connectivity index (χ3v) is 5.27. The summed E-state index contributed by atoms with van der Waals surface area (Å²) in [6.45, 7) is 3.49. The standard InChI is InChI=1S/C20H26N4O4/c1-3-9-21-16(25)11-22-17(26)12-24-18(27)20(2,23-19(24)28)15-8-7-13-5-4-6-14(13)10-15/h7-8,10H,3-6,9,11-12H2,1-2H3,(H,21,25)(H,22,26)(H,23,28)/t20-/m1/s1. The molecule has 1 aromatic carbocycles. The molecule has 3 N–H and O–H groups in total. The molecule has 8 heteroatoms. The second-order valence-corrected chi connectivity index (χ2v) is 7.41. The highest BCUT2D eigenvalue weighted by Crippen LogP contribution is 2.32. The number of nitrogens with one attached hydrogen (secondary N) is 3. The van der Waals surface area contributed by atoms with Gasteiger partial charge in [-0.15, -0.1) is 0 Å². The first-order chi connectivity index (χ1) is 13.3. The number of hydrogen-bond donors (Lipinski definition) is 3. The van der Waals surface area contributed by atoms with E-state index in [0.717, 1.165) is 30.6 Å². The van der Waals surface area contributed by atoms with Crippen molar-refractivity contribution in [2.75, 3.05) is 19.6 Å². The fourth-order valence-corrected chi connectivity index (χ4v) is 3.62. The van der Waals surface area contributed by atoms with Crippen molar-refractivity contribution in [1.82, 2.24) is 20.9 Å². The van der Waals surface area contributed by atoms with Crippen LogP contribution in [0.1, 0.15) is 43.4 Å². The molecule has 0 bridgehead atoms. The lowest BCUT2D eigenvalue weighted by Crippen LogP contribution is -2.45. The van der Waals surface area contributed by atoms with Crippen LogP contribution in [0, 0.1) is 0 Å². The van der Waals surface area contributed by atoms with E-state index in [4.69, 9.17) is 0 Å². The van der Waals surface area contributed by atoms with Crippen LogP contribution in [0.3, 0.4) is 0 Å². The van der Waals surface area contributed by atoms with Gasteiger partial charge in [0.15, 0.2) is 0 Å². The van der Waals surface area contributed by atoms with Crippen LogP contribution in [0.25, 0.3) is 0 Å². The first-order valence-corrected chi connectivity index (χ1v) is 9.65. The van der Waals surface area contributed by atoms with Crippen molar-refractivity contribution in [3.05, 3.63) is 34.9 Å². The molecule has 5 amide bonds. The summed E-state index contributed by atoms with van der Waals surface area (Å²) in [4.78, 5) is 49.9. The molecule has 1 aliphatic carbocycles. The number of hydrogen-bond acceptors (Lipinski definition) is 4. The van der Waals surface area contributed by atoms with Crippen LogP contribution in [0.15, 0.2) is 18.2 Å². The first-order valence-electron chi connectivity index (χ1n) is 9.65. The summed E-state index contributed by atoms with van der Waals surface area (Å²) in [5.74, 6) is -1.34. The molecule has 0 saturated carbocycles. The van der Waals surface area contributed by atoms with Crippen LogP contribution in [0.5, 0.6) is 0 Å². The third-order valence-electron chi connectivity index (χ3n) is 5.27. The van der Waals surface area contributed by atoms with E-state index in [0.29, 0.717) is 12.1 Å². The first kappa shape index (κ1) is 19.9. The van der Waals surface area contributed by atoms with E-state index in [-0.39, 0.29) is 12.5 Å². The van der Waals surface area contributed by atoms with Gasteiger partial charge in [-0.25, -0.2) is 4.79 Å². The molecule has 1 fully saturated rings. The summed E-state index contributed by atoms with van der Waals surface area (Å²) >= 11 is 0. The lowest BCUT2D eigenvalue weighted by atomic mass is 9.89. The lowest BCUT2D eigenvalue weighted by Gasteiger charge is -2.23. The summed E-state index contributed by atoms with van der Waals surface area (Å²) in [6.07, 6.45) is 3.88. The highest BCUT2D eigenvalue weighted by molar-refractivity contribution is 6.09. The van der Waals surface area contributed by atoms with Crippen LogP contribution in [-0.2, 0) is 32.8 Å². The smallest absolute Gasteiger partial charge is 0.325 e. The topological polar surface area (TPSA) is 108 Å². The number of urea groups is 1. The predicted octanol–water partition coefficient (Wildman–Crippen LogP) is 0.585. The zero-order chi connectivity index (χ0) is 20.3. The third kappa shape index (κ3) is 3.85. The Kier molecular flexibility index (Phi) is 5.67. The summed E-state index contributed by atoms with van der Waals surface area (Å²) in [5, 5.41) is 7.79. The minimum absolute atomic E-state index is 0.190. The quantitative estimate of drug-likeness (QED) is 0.596. The normalized spacial score (nSPS) is 20.7. The Labute approximate surface area is 164 Å². The zero-order valence-electron chi connectivity index (χ0n) is 16.3. The molecular weight excluding hydrogens is 360 g/mol. The number of carbonyl (C=O) groups excluding carboxylic acids is 4. The average Bonchev–Trinajstić information content (AvgIpc) is 3.23. The van der Waals surface area contributed by atoms with Gasteiger partial charge in [0.2, 0.25) is 11.8 Å². The van der Waals surface area contributed by atoms with Gasteiger partial charge >= 0.3 is 6.03 Å². The van der Waals surface area contributed by atoms with Gasteiger partial charge in [-0.3, -0.25) is 19.3 Å². The largest absolute Gasteiger partial charge is 0.355 e. The number of benzene rings is 1. The molecule has 0 radical (unpaired) electrons. The van der Waals surface area contributed by atoms with Crippen molar-refractivity contribution >= 4 is 23.8 Å². The van der Waals surface area contributed by atoms with Crippen molar-refractivity contribution < 1.29 is 19.2 Å². The second kappa shape index (κ2) is 8.00. The molecule has 3 rings (SSSR count). The number of fused-ring (bicyclic) bond motifs is 1. The Balaban J connectivity index is 1.64. The zero-order valence-corrected chi connectivity index (χ0v) is 16.3. The van der Waals surface area contributed by atoms with Gasteiger partial charge in [0, 0.05) is 6.54 Å². The van der Waals surface area contributed by atoms with Crippen molar-refractivity contribution in [1.29, 1.82) is 0 Å². The summed E-state index contributed by atoms with van der Waals surface area (Å²) in [7, 11) is 0. The lowest BCUT2D eigenvalue weighted by molar-refractivity contribution is -0.135. The highest BCUT2D eigenvalue weighted by Gasteiger charge is 2.49. The molecule has 28 heavy (non-hydrogen) atoms. The minimum atomic E-state index is -1.20. The molecule has 0 aromatic heterocycles. The molecule has 1 aromatic rings. The van der Waals surface area contributed by atoms with Crippen molar-refractivity contribution in [2.45, 2.75) is 45.1 Å². The van der Waals surface area contributed by atoms with E-state index in [9.17, 15) is 19.2 Å². The number of nitrogens with zero attached hydrogens (tertiary/aromatic N) is 1. The summed E-state index contributed by atoms with van der Waals surface area (Å²) in [5.41, 5.74) is 2.00. The molecule has 150 valence electrons. The molecule has 2 aliphatic rings. The van der Waals surface area contributed by atoms with Gasteiger partial charge in [0.1, 0.15) is 12.1 Å². The Hall–Kier alpha value is -2.90. The van der Waals surface area contributed by atoms with Crippen molar-refractivity contribution in [3.8, 4) is 0 Å². The molecule has 8 nitrogen and oxygen atoms in total. The van der Waals surface area contributed by atoms with Gasteiger partial charge in [-0.1, -0.05) is 25.1 Å². The monoisotopic (exact) mass is 386 g/mol. The maximum Gasteiger partial charge on any atom is 0.325 e. The second-order valence-electron chi connectivity index (χ2n) is 7.41. The minimum Gasteiger partial charge on any atom is -0.355 e. The van der Waals surface area contributed by atoms with Crippen LogP contribution < -0.4 is 16.0 Å². The predicted molar refractivity (Wildman–Crippen MR) is 102 cm³/mol. The van der Waals surface area contributed by atoms with Gasteiger partial charge in [-0.05, 0) is 49.3 Å². The SMILES string of the molecule is CCCNC(=O)CNC(=O)CN1C(=O)N[C@](C)(c2ccc3c(c2)CCC3)C1=O. The Morgan fingerprint density at radius 1 is 1.14 bits per heavy atom.